The molecule has 0 spiro atoms. The van der Waals surface area contributed by atoms with Crippen LogP contribution in [-0.2, 0) is 0 Å². The highest BCUT2D eigenvalue weighted by molar-refractivity contribution is 7.79. The Morgan fingerprint density at radius 3 is 1.00 bits per heavy atom. The van der Waals surface area contributed by atoms with Crippen LogP contribution in [0.4, 0.5) is 0 Å². The average molecular weight is 261 g/mol. The first-order valence-corrected chi connectivity index (χ1v) is 4.85. The van der Waals surface area contributed by atoms with Crippen molar-refractivity contribution >= 4 is 53.1 Å². The molecule has 0 amide bonds. The standard InChI is InChI=1S/C6H3N3O3S3/c10-4-7(1-13)5(11)9(3-15)6(12)8(4)2-14/h1-3H. The zero-order chi connectivity index (χ0) is 11.6. The van der Waals surface area contributed by atoms with Crippen molar-refractivity contribution < 1.29 is 0 Å². The van der Waals surface area contributed by atoms with Gasteiger partial charge in [-0.05, 0) is 0 Å². The number of aromatic nitrogens is 3. The quantitative estimate of drug-likeness (QED) is 0.623. The lowest BCUT2D eigenvalue weighted by atomic mass is 10.8. The van der Waals surface area contributed by atoms with Gasteiger partial charge in [0.25, 0.3) is 0 Å². The van der Waals surface area contributed by atoms with Gasteiger partial charge in [0.1, 0.15) is 0 Å². The van der Waals surface area contributed by atoms with E-state index in [0.29, 0.717) is 13.7 Å². The van der Waals surface area contributed by atoms with Crippen molar-refractivity contribution in [3.8, 4) is 0 Å². The van der Waals surface area contributed by atoms with Gasteiger partial charge >= 0.3 is 17.1 Å². The van der Waals surface area contributed by atoms with Crippen molar-refractivity contribution in [3.63, 3.8) is 0 Å². The third-order valence-electron chi connectivity index (χ3n) is 1.55. The van der Waals surface area contributed by atoms with Crippen LogP contribution in [0.3, 0.4) is 0 Å². The van der Waals surface area contributed by atoms with Crippen LogP contribution in [0.5, 0.6) is 0 Å². The predicted molar refractivity (Wildman–Crippen MR) is 66.4 cm³/mol. The molecule has 0 aromatic carbocycles. The molecule has 0 aliphatic heterocycles. The Morgan fingerprint density at radius 1 is 0.667 bits per heavy atom. The number of nitrogens with zero attached hydrogens (tertiary/aromatic N) is 3. The summed E-state index contributed by atoms with van der Waals surface area (Å²) in [5, 5.41) is 0. The van der Waals surface area contributed by atoms with Gasteiger partial charge in [-0.3, -0.25) is 0 Å². The maximum absolute atomic E-state index is 11.4. The van der Waals surface area contributed by atoms with Gasteiger partial charge in [0, 0.05) is 0 Å². The molecule has 1 aromatic rings. The zero-order valence-corrected chi connectivity index (χ0v) is 9.47. The Hall–Kier alpha value is -1.32. The topological polar surface area (TPSA) is 66.0 Å². The third kappa shape index (κ3) is 1.76. The van der Waals surface area contributed by atoms with Gasteiger partial charge < -0.3 is 0 Å². The Bertz CT molecular complexity index is 493. The molecule has 78 valence electrons. The molecule has 0 bridgehead atoms. The molecule has 0 N–H and O–H groups in total. The minimum absolute atomic E-state index is 0.558. The Labute approximate surface area is 98.4 Å². The van der Waals surface area contributed by atoms with E-state index in [1.54, 1.807) is 0 Å². The molecular weight excluding hydrogens is 258 g/mol. The molecule has 0 unspecified atom stereocenters. The van der Waals surface area contributed by atoms with Crippen LogP contribution in [0.1, 0.15) is 0 Å². The highest BCUT2D eigenvalue weighted by atomic mass is 32.1. The van der Waals surface area contributed by atoms with Crippen LogP contribution >= 0.6 is 36.7 Å². The summed E-state index contributed by atoms with van der Waals surface area (Å²) in [5.74, 6) is 0. The van der Waals surface area contributed by atoms with Crippen LogP contribution < -0.4 is 17.1 Å². The van der Waals surface area contributed by atoms with Crippen LogP contribution in [-0.4, -0.2) is 30.2 Å². The second kappa shape index (κ2) is 4.47. The smallest absolute Gasteiger partial charge is 0.246 e. The van der Waals surface area contributed by atoms with Crippen molar-refractivity contribution in [1.82, 2.24) is 13.7 Å². The molecule has 0 aliphatic rings. The number of thiocarbonyl (C=S) groups is 3. The maximum atomic E-state index is 11.4. The zero-order valence-electron chi connectivity index (χ0n) is 7.02. The molecule has 0 aliphatic carbocycles. The van der Waals surface area contributed by atoms with Crippen molar-refractivity contribution in [2.45, 2.75) is 0 Å². The normalized spacial score (nSPS) is 9.60. The summed E-state index contributed by atoms with van der Waals surface area (Å²) in [4.78, 5) is 34.2. The molecule has 1 rings (SSSR count). The van der Waals surface area contributed by atoms with Crippen LogP contribution in [0.2, 0.25) is 0 Å². The molecule has 6 nitrogen and oxygen atoms in total. The molecule has 0 atom stereocenters. The van der Waals surface area contributed by atoms with Gasteiger partial charge in [-0.1, -0.05) is 36.7 Å². The molecule has 0 saturated carbocycles. The Kier molecular flexibility index (Phi) is 3.50. The second-order valence-corrected chi connectivity index (χ2v) is 2.91. The summed E-state index contributed by atoms with van der Waals surface area (Å²) >= 11 is 13.4. The number of rotatable bonds is 3. The van der Waals surface area contributed by atoms with E-state index in [0.717, 1.165) is 16.5 Å². The van der Waals surface area contributed by atoms with Crippen molar-refractivity contribution in [3.05, 3.63) is 31.5 Å². The summed E-state index contributed by atoms with van der Waals surface area (Å²) in [5.41, 5.74) is -0.299. The maximum Gasteiger partial charge on any atom is 0.346 e. The molecule has 1 aromatic heterocycles. The van der Waals surface area contributed by atoms with Crippen LogP contribution in [0.15, 0.2) is 14.4 Å². The summed E-state index contributed by atoms with van der Waals surface area (Å²) in [7, 11) is 0. The van der Waals surface area contributed by atoms with Crippen LogP contribution in [0.25, 0.3) is 0 Å². The molecule has 0 fully saturated rings. The van der Waals surface area contributed by atoms with Gasteiger partial charge in [-0.2, -0.15) is 0 Å². The fourth-order valence-electron chi connectivity index (χ4n) is 0.864. The monoisotopic (exact) mass is 261 g/mol. The van der Waals surface area contributed by atoms with E-state index in [2.05, 4.69) is 36.7 Å². The minimum atomic E-state index is -0.914. The second-order valence-electron chi connectivity index (χ2n) is 2.27. The van der Waals surface area contributed by atoms with E-state index in [4.69, 9.17) is 0 Å². The SMILES string of the molecule is O=c1n(C=S)c(=O)n(C=S)c(=O)n1C=S. The van der Waals surface area contributed by atoms with E-state index in [1.807, 2.05) is 0 Å². The van der Waals surface area contributed by atoms with Crippen molar-refractivity contribution in [2.75, 3.05) is 0 Å². The molecule has 0 radical (unpaired) electrons. The first-order valence-electron chi connectivity index (χ1n) is 3.44. The van der Waals surface area contributed by atoms with Gasteiger partial charge in [0.15, 0.2) is 0 Å². The van der Waals surface area contributed by atoms with Gasteiger partial charge in [0.05, 0.1) is 16.5 Å². The van der Waals surface area contributed by atoms with E-state index >= 15 is 0 Å². The molecule has 0 saturated heterocycles. The lowest BCUT2D eigenvalue weighted by molar-refractivity contribution is 0.744. The number of hydrogen-bond donors (Lipinski definition) is 0. The van der Waals surface area contributed by atoms with E-state index < -0.39 is 17.1 Å². The van der Waals surface area contributed by atoms with Crippen molar-refractivity contribution in [1.29, 1.82) is 0 Å². The largest absolute Gasteiger partial charge is 0.346 e. The summed E-state index contributed by atoms with van der Waals surface area (Å²) in [6.45, 7) is 0. The lowest BCUT2D eigenvalue weighted by Gasteiger charge is -2.02. The molecule has 9 heteroatoms. The van der Waals surface area contributed by atoms with E-state index in [1.165, 1.54) is 0 Å². The Morgan fingerprint density at radius 2 is 0.867 bits per heavy atom. The van der Waals surface area contributed by atoms with Gasteiger partial charge in [-0.15, -0.1) is 0 Å². The number of hydrogen-bond acceptors (Lipinski definition) is 6. The van der Waals surface area contributed by atoms with Crippen LogP contribution in [0, 0.1) is 0 Å². The van der Waals surface area contributed by atoms with Gasteiger partial charge in [0.2, 0.25) is 0 Å². The van der Waals surface area contributed by atoms with E-state index in [9.17, 15) is 14.4 Å². The molecule has 15 heavy (non-hydrogen) atoms. The lowest BCUT2D eigenvalue weighted by Crippen LogP contribution is -2.54. The summed E-state index contributed by atoms with van der Waals surface area (Å²) in [6, 6.07) is 0. The molecular formula is C6H3N3O3S3. The van der Waals surface area contributed by atoms with Gasteiger partial charge in [-0.25, -0.2) is 28.1 Å². The van der Waals surface area contributed by atoms with E-state index in [-0.39, 0.29) is 0 Å². The summed E-state index contributed by atoms with van der Waals surface area (Å²) in [6.07, 6.45) is 0. The fourth-order valence-corrected chi connectivity index (χ4v) is 1.41. The fraction of sp³-hybridized carbons (Fsp3) is 0. The first-order chi connectivity index (χ1) is 7.08. The highest BCUT2D eigenvalue weighted by Crippen LogP contribution is 1.65. The average Bonchev–Trinajstić information content (AvgIpc) is 2.19. The highest BCUT2D eigenvalue weighted by Gasteiger charge is 2.10. The summed E-state index contributed by atoms with van der Waals surface area (Å²) < 4.78 is 1.67. The van der Waals surface area contributed by atoms with Crippen molar-refractivity contribution in [2.24, 2.45) is 0 Å². The predicted octanol–water partition coefficient (Wildman–Crippen LogP) is -1.41. The first kappa shape index (κ1) is 11.8. The Balaban J connectivity index is 4.08. The third-order valence-corrected chi connectivity index (χ3v) is 2.19. The minimum Gasteiger partial charge on any atom is -0.246 e. The molecule has 1 heterocycles.